The van der Waals surface area contributed by atoms with E-state index in [1.807, 2.05) is 18.2 Å². The third kappa shape index (κ3) is 2.84. The zero-order chi connectivity index (χ0) is 15.0. The lowest BCUT2D eigenvalue weighted by Crippen LogP contribution is -2.45. The van der Waals surface area contributed by atoms with Crippen LogP contribution in [-0.2, 0) is 4.79 Å². The van der Waals surface area contributed by atoms with Gasteiger partial charge >= 0.3 is 0 Å². The lowest BCUT2D eigenvalue weighted by molar-refractivity contribution is -0.118. The molecular weight excluding hydrogens is 260 g/mol. The summed E-state index contributed by atoms with van der Waals surface area (Å²) >= 11 is 0. The summed E-state index contributed by atoms with van der Waals surface area (Å²) in [5.74, 6) is 2.17. The maximum atomic E-state index is 12.3. The van der Waals surface area contributed by atoms with Crippen LogP contribution in [0.3, 0.4) is 0 Å². The van der Waals surface area contributed by atoms with E-state index in [0.29, 0.717) is 17.9 Å². The van der Waals surface area contributed by atoms with Gasteiger partial charge in [-0.2, -0.15) is 0 Å². The molecule has 0 aromatic heterocycles. The Morgan fingerprint density at radius 1 is 1.24 bits per heavy atom. The molecule has 1 heterocycles. The van der Waals surface area contributed by atoms with E-state index in [0.717, 1.165) is 17.2 Å². The largest absolute Gasteiger partial charge is 0.324 e. The monoisotopic (exact) mass is 286 g/mol. The summed E-state index contributed by atoms with van der Waals surface area (Å²) < 4.78 is 0. The zero-order valence-corrected chi connectivity index (χ0v) is 13.2. The number of hydrogen-bond acceptors (Lipinski definition) is 2. The average Bonchev–Trinajstić information content (AvgIpc) is 2.75. The van der Waals surface area contributed by atoms with Crippen LogP contribution in [0.25, 0.3) is 0 Å². The van der Waals surface area contributed by atoms with E-state index in [2.05, 4.69) is 37.5 Å². The molecule has 1 saturated carbocycles. The predicted octanol–water partition coefficient (Wildman–Crippen LogP) is 3.73. The number of para-hydroxylation sites is 1. The molecule has 4 unspecified atom stereocenters. The second kappa shape index (κ2) is 5.80. The summed E-state index contributed by atoms with van der Waals surface area (Å²) in [6.07, 6.45) is 3.76. The van der Waals surface area contributed by atoms with E-state index >= 15 is 0 Å². The van der Waals surface area contributed by atoms with Crippen molar-refractivity contribution in [2.24, 2.45) is 17.8 Å². The van der Waals surface area contributed by atoms with Gasteiger partial charge in [-0.25, -0.2) is 0 Å². The number of carbonyl (C=O) groups excluding carboxylic acids is 1. The van der Waals surface area contributed by atoms with Crippen molar-refractivity contribution in [2.75, 3.05) is 5.32 Å². The molecule has 114 valence electrons. The van der Waals surface area contributed by atoms with Crippen LogP contribution in [0.5, 0.6) is 0 Å². The van der Waals surface area contributed by atoms with E-state index in [9.17, 15) is 4.79 Å². The Morgan fingerprint density at radius 3 is 2.76 bits per heavy atom. The van der Waals surface area contributed by atoms with Gasteiger partial charge in [-0.1, -0.05) is 45.4 Å². The molecule has 1 aliphatic heterocycles. The minimum Gasteiger partial charge on any atom is -0.324 e. The van der Waals surface area contributed by atoms with E-state index in [-0.39, 0.29) is 11.9 Å². The van der Waals surface area contributed by atoms with Gasteiger partial charge in [-0.15, -0.1) is 0 Å². The lowest BCUT2D eigenvalue weighted by atomic mass is 9.73. The third-order valence-electron chi connectivity index (χ3n) is 5.19. The fourth-order valence-corrected chi connectivity index (χ4v) is 3.98. The first-order valence-corrected chi connectivity index (χ1v) is 8.22. The average molecular weight is 286 g/mol. The second-order valence-electron chi connectivity index (χ2n) is 7.11. The molecule has 0 saturated heterocycles. The van der Waals surface area contributed by atoms with Crippen molar-refractivity contribution in [3.63, 3.8) is 0 Å². The second-order valence-corrected chi connectivity index (χ2v) is 7.11. The Kier molecular flexibility index (Phi) is 4.03. The Hall–Kier alpha value is -1.35. The lowest BCUT2D eigenvalue weighted by Gasteiger charge is -2.39. The fraction of sp³-hybridized carbons (Fsp3) is 0.611. The summed E-state index contributed by atoms with van der Waals surface area (Å²) in [5, 5.41) is 6.66. The summed E-state index contributed by atoms with van der Waals surface area (Å²) in [7, 11) is 0. The number of nitrogens with one attached hydrogen (secondary N) is 2. The molecule has 3 nitrogen and oxygen atoms in total. The van der Waals surface area contributed by atoms with Crippen LogP contribution < -0.4 is 10.6 Å². The molecule has 0 bridgehead atoms. The molecule has 1 aromatic rings. The Labute approximate surface area is 127 Å². The van der Waals surface area contributed by atoms with Gasteiger partial charge in [0.2, 0.25) is 5.91 Å². The van der Waals surface area contributed by atoms with Crippen LogP contribution >= 0.6 is 0 Å². The Balaban J connectivity index is 1.79. The standard InChI is InChI=1S/C18H26N2O/c1-11(2)13-9-8-12(3)10-16(13)19-17-14-6-4-5-7-15(14)20-18(17)21/h4-7,11-13,16-17,19H,8-10H2,1-3H3,(H,20,21). The van der Waals surface area contributed by atoms with Crippen LogP contribution in [0.4, 0.5) is 5.69 Å². The number of rotatable bonds is 3. The van der Waals surface area contributed by atoms with Crippen molar-refractivity contribution < 1.29 is 4.79 Å². The number of hydrogen-bond donors (Lipinski definition) is 2. The third-order valence-corrected chi connectivity index (χ3v) is 5.19. The summed E-state index contributed by atoms with van der Waals surface area (Å²) in [6.45, 7) is 6.93. The van der Waals surface area contributed by atoms with Gasteiger partial charge in [0.05, 0.1) is 0 Å². The van der Waals surface area contributed by atoms with E-state index < -0.39 is 0 Å². The number of carbonyl (C=O) groups is 1. The highest BCUT2D eigenvalue weighted by atomic mass is 16.2. The minimum atomic E-state index is -0.183. The van der Waals surface area contributed by atoms with Crippen LogP contribution in [0, 0.1) is 17.8 Å². The molecule has 2 aliphatic rings. The number of amides is 1. The van der Waals surface area contributed by atoms with E-state index in [4.69, 9.17) is 0 Å². The molecule has 4 atom stereocenters. The Morgan fingerprint density at radius 2 is 2.00 bits per heavy atom. The van der Waals surface area contributed by atoms with Crippen molar-refractivity contribution in [2.45, 2.75) is 52.1 Å². The van der Waals surface area contributed by atoms with Gasteiger partial charge in [-0.3, -0.25) is 10.1 Å². The van der Waals surface area contributed by atoms with Crippen molar-refractivity contribution >= 4 is 11.6 Å². The number of fused-ring (bicyclic) bond motifs is 1. The van der Waals surface area contributed by atoms with Crippen LogP contribution in [0.1, 0.15) is 51.6 Å². The fourth-order valence-electron chi connectivity index (χ4n) is 3.98. The molecule has 1 amide bonds. The molecule has 3 rings (SSSR count). The highest BCUT2D eigenvalue weighted by molar-refractivity contribution is 6.02. The minimum absolute atomic E-state index is 0.0944. The molecule has 0 radical (unpaired) electrons. The maximum absolute atomic E-state index is 12.3. The van der Waals surface area contributed by atoms with Gasteiger partial charge in [0.1, 0.15) is 6.04 Å². The predicted molar refractivity (Wildman–Crippen MR) is 86.1 cm³/mol. The zero-order valence-electron chi connectivity index (χ0n) is 13.2. The van der Waals surface area contributed by atoms with E-state index in [1.54, 1.807) is 0 Å². The van der Waals surface area contributed by atoms with Crippen molar-refractivity contribution in [3.8, 4) is 0 Å². The quantitative estimate of drug-likeness (QED) is 0.889. The van der Waals surface area contributed by atoms with E-state index in [1.165, 1.54) is 19.3 Å². The highest BCUT2D eigenvalue weighted by Crippen LogP contribution is 2.37. The van der Waals surface area contributed by atoms with Crippen LogP contribution in [0.2, 0.25) is 0 Å². The van der Waals surface area contributed by atoms with Gasteiger partial charge in [0.15, 0.2) is 0 Å². The molecule has 0 spiro atoms. The first-order chi connectivity index (χ1) is 10.1. The number of benzene rings is 1. The molecule has 1 aromatic carbocycles. The first kappa shape index (κ1) is 14.6. The SMILES string of the molecule is CC1CCC(C(C)C)C(NC2C(=O)Nc3ccccc32)C1. The van der Waals surface area contributed by atoms with Crippen molar-refractivity contribution in [1.82, 2.24) is 5.32 Å². The van der Waals surface area contributed by atoms with Gasteiger partial charge in [0.25, 0.3) is 0 Å². The Bertz CT molecular complexity index is 526. The molecule has 1 aliphatic carbocycles. The van der Waals surface area contributed by atoms with Gasteiger partial charge in [-0.05, 0) is 36.7 Å². The van der Waals surface area contributed by atoms with Crippen molar-refractivity contribution in [1.29, 1.82) is 0 Å². The van der Waals surface area contributed by atoms with Gasteiger partial charge < -0.3 is 5.32 Å². The number of anilines is 1. The molecule has 21 heavy (non-hydrogen) atoms. The maximum Gasteiger partial charge on any atom is 0.246 e. The normalized spacial score (nSPS) is 32.1. The van der Waals surface area contributed by atoms with Crippen LogP contribution in [0.15, 0.2) is 24.3 Å². The first-order valence-electron chi connectivity index (χ1n) is 8.22. The molecular formula is C18H26N2O. The van der Waals surface area contributed by atoms with Crippen LogP contribution in [-0.4, -0.2) is 11.9 Å². The molecule has 3 heteroatoms. The smallest absolute Gasteiger partial charge is 0.246 e. The van der Waals surface area contributed by atoms with Crippen molar-refractivity contribution in [3.05, 3.63) is 29.8 Å². The van der Waals surface area contributed by atoms with Gasteiger partial charge in [0, 0.05) is 17.3 Å². The molecule has 2 N–H and O–H groups in total. The highest BCUT2D eigenvalue weighted by Gasteiger charge is 2.37. The summed E-state index contributed by atoms with van der Waals surface area (Å²) in [5.41, 5.74) is 2.06. The summed E-state index contributed by atoms with van der Waals surface area (Å²) in [6, 6.07) is 8.28. The molecule has 1 fully saturated rings. The summed E-state index contributed by atoms with van der Waals surface area (Å²) in [4.78, 5) is 12.3. The topological polar surface area (TPSA) is 41.1 Å².